The Morgan fingerprint density at radius 3 is 2.76 bits per heavy atom. The summed E-state index contributed by atoms with van der Waals surface area (Å²) in [6.45, 7) is 2.15. The highest BCUT2D eigenvalue weighted by molar-refractivity contribution is 6.17. The molecule has 0 radical (unpaired) electrons. The molecule has 1 N–H and O–H groups in total. The van der Waals surface area contributed by atoms with E-state index in [2.05, 4.69) is 11.9 Å². The zero-order valence-electron chi connectivity index (χ0n) is 16.1. The van der Waals surface area contributed by atoms with Crippen LogP contribution < -0.4 is 4.90 Å². The van der Waals surface area contributed by atoms with E-state index >= 15 is 0 Å². The van der Waals surface area contributed by atoms with Gasteiger partial charge in [-0.05, 0) is 55.0 Å². The molecule has 0 bridgehead atoms. The molecular weight excluding hydrogens is 368 g/mol. The van der Waals surface area contributed by atoms with Crippen molar-refractivity contribution in [2.24, 2.45) is 11.8 Å². The molecule has 1 aliphatic carbocycles. The van der Waals surface area contributed by atoms with Crippen LogP contribution in [0.2, 0.25) is 0 Å². The van der Waals surface area contributed by atoms with Gasteiger partial charge in [0.15, 0.2) is 11.5 Å². The first-order valence-electron chi connectivity index (χ1n) is 10.0. The SMILES string of the molecule is CC1CCC2OC3=C(C(=O)C2C1)C(c1cccc(O)c1)N(c1ccccn1)C3=O. The molecule has 29 heavy (non-hydrogen) atoms. The van der Waals surface area contributed by atoms with E-state index in [1.807, 2.05) is 6.07 Å². The van der Waals surface area contributed by atoms with E-state index in [0.717, 1.165) is 19.3 Å². The molecule has 0 saturated heterocycles. The van der Waals surface area contributed by atoms with Crippen molar-refractivity contribution in [3.63, 3.8) is 0 Å². The van der Waals surface area contributed by atoms with Crippen molar-refractivity contribution in [1.82, 2.24) is 4.98 Å². The van der Waals surface area contributed by atoms with Crippen molar-refractivity contribution in [2.75, 3.05) is 4.90 Å². The number of hydrogen-bond donors (Lipinski definition) is 1. The average Bonchev–Trinajstić information content (AvgIpc) is 3.02. The first-order chi connectivity index (χ1) is 14.0. The summed E-state index contributed by atoms with van der Waals surface area (Å²) in [5.74, 6) is 0.541. The van der Waals surface area contributed by atoms with Crippen molar-refractivity contribution >= 4 is 17.5 Å². The number of benzene rings is 1. The van der Waals surface area contributed by atoms with Gasteiger partial charge in [-0.25, -0.2) is 4.98 Å². The minimum Gasteiger partial charge on any atom is -0.508 e. The van der Waals surface area contributed by atoms with Crippen LogP contribution in [-0.4, -0.2) is 27.9 Å². The van der Waals surface area contributed by atoms with Gasteiger partial charge in [0, 0.05) is 6.20 Å². The maximum atomic E-state index is 13.6. The second kappa shape index (κ2) is 6.72. The predicted molar refractivity (Wildman–Crippen MR) is 106 cm³/mol. The Morgan fingerprint density at radius 1 is 1.14 bits per heavy atom. The standard InChI is InChI=1S/C23H22N2O4/c1-13-8-9-17-16(11-13)21(27)19-20(14-5-4-6-15(26)12-14)25(23(28)22(19)29-17)18-7-2-3-10-24-18/h2-7,10,12-13,16-17,20,26H,8-9,11H2,1H3. The summed E-state index contributed by atoms with van der Waals surface area (Å²) in [4.78, 5) is 32.8. The number of pyridine rings is 1. The van der Waals surface area contributed by atoms with Crippen molar-refractivity contribution in [1.29, 1.82) is 0 Å². The first-order valence-corrected chi connectivity index (χ1v) is 10.0. The molecule has 1 aromatic heterocycles. The lowest BCUT2D eigenvalue weighted by atomic mass is 9.74. The molecule has 1 amide bonds. The van der Waals surface area contributed by atoms with E-state index in [0.29, 0.717) is 22.9 Å². The summed E-state index contributed by atoms with van der Waals surface area (Å²) in [7, 11) is 0. The monoisotopic (exact) mass is 390 g/mol. The highest BCUT2D eigenvalue weighted by atomic mass is 16.5. The Balaban J connectivity index is 1.66. The summed E-state index contributed by atoms with van der Waals surface area (Å²) in [6.07, 6.45) is 3.91. The molecule has 3 aliphatic rings. The Labute approximate surface area is 168 Å². The zero-order valence-corrected chi connectivity index (χ0v) is 16.1. The Kier molecular flexibility index (Phi) is 4.15. The summed E-state index contributed by atoms with van der Waals surface area (Å²) in [5.41, 5.74) is 1.05. The average molecular weight is 390 g/mol. The number of carbonyl (C=O) groups excluding carboxylic acids is 2. The fourth-order valence-corrected chi connectivity index (χ4v) is 4.82. The van der Waals surface area contributed by atoms with Crippen LogP contribution in [0.15, 0.2) is 60.0 Å². The van der Waals surface area contributed by atoms with Gasteiger partial charge in [0.05, 0.1) is 17.5 Å². The van der Waals surface area contributed by atoms with Crippen LogP contribution in [0.1, 0.15) is 37.8 Å². The normalized spacial score (nSPS) is 28.8. The molecule has 0 spiro atoms. The van der Waals surface area contributed by atoms with Gasteiger partial charge in [0.1, 0.15) is 17.7 Å². The quantitative estimate of drug-likeness (QED) is 0.849. The number of phenolic OH excluding ortho intramolecular Hbond substituents is 1. The second-order valence-corrected chi connectivity index (χ2v) is 8.15. The maximum absolute atomic E-state index is 13.6. The van der Waals surface area contributed by atoms with Crippen LogP contribution >= 0.6 is 0 Å². The molecule has 1 fully saturated rings. The lowest BCUT2D eigenvalue weighted by Crippen LogP contribution is -2.41. The molecule has 1 aromatic carbocycles. The number of hydrogen-bond acceptors (Lipinski definition) is 5. The number of carbonyl (C=O) groups is 2. The van der Waals surface area contributed by atoms with E-state index in [1.165, 1.54) is 4.90 Å². The lowest BCUT2D eigenvalue weighted by Gasteiger charge is -2.37. The van der Waals surface area contributed by atoms with Gasteiger partial charge >= 0.3 is 0 Å². The molecule has 6 heteroatoms. The van der Waals surface area contributed by atoms with Crippen LogP contribution in [0.3, 0.4) is 0 Å². The molecule has 4 unspecified atom stereocenters. The number of aromatic nitrogens is 1. The number of fused-ring (bicyclic) bond motifs is 1. The smallest absolute Gasteiger partial charge is 0.295 e. The van der Waals surface area contributed by atoms with Crippen LogP contribution in [-0.2, 0) is 14.3 Å². The summed E-state index contributed by atoms with van der Waals surface area (Å²) >= 11 is 0. The van der Waals surface area contributed by atoms with Gasteiger partial charge in [-0.2, -0.15) is 0 Å². The first kappa shape index (κ1) is 17.9. The maximum Gasteiger partial charge on any atom is 0.295 e. The molecule has 148 valence electrons. The van der Waals surface area contributed by atoms with Crippen LogP contribution in [0.4, 0.5) is 5.82 Å². The van der Waals surface area contributed by atoms with Gasteiger partial charge in [-0.3, -0.25) is 14.5 Å². The highest BCUT2D eigenvalue weighted by Gasteiger charge is 2.53. The number of rotatable bonds is 2. The third-order valence-corrected chi connectivity index (χ3v) is 6.19. The predicted octanol–water partition coefficient (Wildman–Crippen LogP) is 3.53. The van der Waals surface area contributed by atoms with Gasteiger partial charge in [0.2, 0.25) is 0 Å². The van der Waals surface area contributed by atoms with Gasteiger partial charge < -0.3 is 9.84 Å². The van der Waals surface area contributed by atoms with E-state index in [-0.39, 0.29) is 35.2 Å². The van der Waals surface area contributed by atoms with Crippen molar-refractivity contribution in [2.45, 2.75) is 38.3 Å². The lowest BCUT2D eigenvalue weighted by molar-refractivity contribution is -0.132. The number of nitrogens with zero attached hydrogens (tertiary/aromatic N) is 2. The molecule has 1 saturated carbocycles. The van der Waals surface area contributed by atoms with Gasteiger partial charge in [-0.15, -0.1) is 0 Å². The molecule has 5 rings (SSSR count). The molecule has 3 heterocycles. The van der Waals surface area contributed by atoms with Crippen molar-refractivity contribution < 1.29 is 19.4 Å². The molecule has 2 aromatic rings. The largest absolute Gasteiger partial charge is 0.508 e. The van der Waals surface area contributed by atoms with Crippen molar-refractivity contribution in [3.05, 3.63) is 65.6 Å². The third-order valence-electron chi connectivity index (χ3n) is 6.19. The second-order valence-electron chi connectivity index (χ2n) is 8.15. The van der Waals surface area contributed by atoms with Crippen molar-refractivity contribution in [3.8, 4) is 5.75 Å². The number of anilines is 1. The highest BCUT2D eigenvalue weighted by Crippen LogP contribution is 2.48. The third kappa shape index (κ3) is 2.82. The topological polar surface area (TPSA) is 79.7 Å². The van der Waals surface area contributed by atoms with E-state index in [9.17, 15) is 14.7 Å². The number of aromatic hydroxyl groups is 1. The van der Waals surface area contributed by atoms with E-state index in [4.69, 9.17) is 4.74 Å². The molecule has 2 aliphatic heterocycles. The Bertz CT molecular complexity index is 1020. The summed E-state index contributed by atoms with van der Waals surface area (Å²) < 4.78 is 6.16. The van der Waals surface area contributed by atoms with Crippen LogP contribution in [0.5, 0.6) is 5.75 Å². The fourth-order valence-electron chi connectivity index (χ4n) is 4.82. The van der Waals surface area contributed by atoms with Crippen LogP contribution in [0, 0.1) is 11.8 Å². The van der Waals surface area contributed by atoms with E-state index < -0.39 is 6.04 Å². The van der Waals surface area contributed by atoms with E-state index in [1.54, 1.807) is 42.6 Å². The minimum atomic E-state index is -0.662. The molecule has 4 atom stereocenters. The number of Topliss-reactive ketones (excluding diaryl/α,β-unsaturated/α-hetero) is 1. The molecule has 6 nitrogen and oxygen atoms in total. The minimum absolute atomic E-state index is 0.0112. The number of amides is 1. The summed E-state index contributed by atoms with van der Waals surface area (Å²) in [6, 6.07) is 11.3. The number of ketones is 1. The Morgan fingerprint density at radius 2 is 2.00 bits per heavy atom. The number of phenols is 1. The molecular formula is C23H22N2O4. The fraction of sp³-hybridized carbons (Fsp3) is 0.348. The Hall–Kier alpha value is -3.15. The summed E-state index contributed by atoms with van der Waals surface area (Å²) in [5, 5.41) is 10.0. The zero-order chi connectivity index (χ0) is 20.1. The van der Waals surface area contributed by atoms with Crippen LogP contribution in [0.25, 0.3) is 0 Å². The number of ether oxygens (including phenoxy) is 1. The van der Waals surface area contributed by atoms with Gasteiger partial charge in [-0.1, -0.05) is 25.1 Å². The van der Waals surface area contributed by atoms with Gasteiger partial charge in [0.25, 0.3) is 5.91 Å².